The average molecular weight is 194 g/mol. The van der Waals surface area contributed by atoms with Crippen LogP contribution in [0.2, 0.25) is 0 Å². The van der Waals surface area contributed by atoms with Gasteiger partial charge in [0.25, 0.3) is 0 Å². The Bertz CT molecular complexity index is 244. The van der Waals surface area contributed by atoms with E-state index in [9.17, 15) is 4.79 Å². The number of carbonyl (C=O) groups is 1. The highest BCUT2D eigenvalue weighted by Crippen LogP contribution is 2.16. The lowest BCUT2D eigenvalue weighted by Crippen LogP contribution is -2.52. The van der Waals surface area contributed by atoms with E-state index in [0.717, 1.165) is 25.8 Å². The van der Waals surface area contributed by atoms with Crippen LogP contribution >= 0.6 is 0 Å². The maximum Gasteiger partial charge on any atom is 0.239 e. The molecule has 1 amide bonds. The van der Waals surface area contributed by atoms with E-state index in [2.05, 4.69) is 12.8 Å². The maximum atomic E-state index is 11.7. The fourth-order valence-electron chi connectivity index (χ4n) is 1.90. The number of terminal acetylenes is 1. The van der Waals surface area contributed by atoms with Crippen LogP contribution in [-0.4, -0.2) is 29.4 Å². The topological polar surface area (TPSA) is 46.3 Å². The number of piperidine rings is 1. The average Bonchev–Trinajstić information content (AvgIpc) is 2.19. The summed E-state index contributed by atoms with van der Waals surface area (Å²) in [6, 6.07) is -0.130. The fraction of sp³-hybridized carbons (Fsp3) is 0.727. The van der Waals surface area contributed by atoms with E-state index < -0.39 is 0 Å². The van der Waals surface area contributed by atoms with Gasteiger partial charge in [-0.25, -0.2) is 0 Å². The van der Waals surface area contributed by atoms with Crippen molar-refractivity contribution in [1.29, 1.82) is 0 Å². The number of hydrogen-bond acceptors (Lipinski definition) is 2. The Labute approximate surface area is 85.6 Å². The monoisotopic (exact) mass is 194 g/mol. The second kappa shape index (κ2) is 5.02. The molecule has 1 saturated heterocycles. The molecular formula is C11H18N2O. The van der Waals surface area contributed by atoms with Crippen molar-refractivity contribution in [2.24, 2.45) is 5.73 Å². The number of rotatable bonds is 3. The molecule has 14 heavy (non-hydrogen) atoms. The summed E-state index contributed by atoms with van der Waals surface area (Å²) in [7, 11) is 0. The summed E-state index contributed by atoms with van der Waals surface area (Å²) in [5.41, 5.74) is 5.71. The molecule has 2 N–H and O–H groups in total. The van der Waals surface area contributed by atoms with Crippen LogP contribution in [-0.2, 0) is 4.79 Å². The van der Waals surface area contributed by atoms with Crippen LogP contribution in [0.3, 0.4) is 0 Å². The van der Waals surface area contributed by atoms with Crippen molar-refractivity contribution in [3.8, 4) is 12.3 Å². The van der Waals surface area contributed by atoms with Crippen molar-refractivity contribution >= 4 is 5.91 Å². The van der Waals surface area contributed by atoms with Gasteiger partial charge in [-0.05, 0) is 19.3 Å². The largest absolute Gasteiger partial charge is 0.337 e. The summed E-state index contributed by atoms with van der Waals surface area (Å²) >= 11 is 0. The van der Waals surface area contributed by atoms with Gasteiger partial charge in [-0.2, -0.15) is 0 Å². The van der Waals surface area contributed by atoms with Gasteiger partial charge in [0.15, 0.2) is 0 Å². The Kier molecular flexibility index (Phi) is 3.97. The van der Waals surface area contributed by atoms with Gasteiger partial charge in [0.05, 0.1) is 6.04 Å². The van der Waals surface area contributed by atoms with Crippen LogP contribution in [0.25, 0.3) is 0 Å². The van der Waals surface area contributed by atoms with Crippen molar-refractivity contribution in [3.63, 3.8) is 0 Å². The molecule has 0 spiro atoms. The second-order valence-corrected chi connectivity index (χ2v) is 3.75. The Morgan fingerprint density at radius 1 is 1.79 bits per heavy atom. The van der Waals surface area contributed by atoms with Crippen molar-refractivity contribution < 1.29 is 4.79 Å². The zero-order chi connectivity index (χ0) is 10.6. The minimum atomic E-state index is -0.310. The number of carbonyl (C=O) groups excluding carboxylic acids is 1. The third-order valence-electron chi connectivity index (χ3n) is 2.78. The van der Waals surface area contributed by atoms with Crippen LogP contribution in [0.1, 0.15) is 32.6 Å². The third-order valence-corrected chi connectivity index (χ3v) is 2.78. The Hall–Kier alpha value is -1.01. The van der Waals surface area contributed by atoms with E-state index in [-0.39, 0.29) is 18.0 Å². The first-order valence-corrected chi connectivity index (χ1v) is 5.20. The van der Waals surface area contributed by atoms with E-state index in [1.807, 2.05) is 4.90 Å². The number of nitrogens with zero attached hydrogens (tertiary/aromatic N) is 1. The first-order valence-electron chi connectivity index (χ1n) is 5.20. The number of hydrogen-bond donors (Lipinski definition) is 1. The summed E-state index contributed by atoms with van der Waals surface area (Å²) in [4.78, 5) is 13.6. The second-order valence-electron chi connectivity index (χ2n) is 3.75. The Morgan fingerprint density at radius 2 is 2.50 bits per heavy atom. The van der Waals surface area contributed by atoms with Gasteiger partial charge >= 0.3 is 0 Å². The molecule has 1 fully saturated rings. The van der Waals surface area contributed by atoms with E-state index >= 15 is 0 Å². The number of likely N-dealkylation sites (tertiary alicyclic amines) is 1. The van der Waals surface area contributed by atoms with Gasteiger partial charge in [0.2, 0.25) is 5.91 Å². The third kappa shape index (κ3) is 2.27. The summed E-state index contributed by atoms with van der Waals surface area (Å²) < 4.78 is 0. The van der Waals surface area contributed by atoms with E-state index in [1.165, 1.54) is 0 Å². The molecule has 2 unspecified atom stereocenters. The summed E-state index contributed by atoms with van der Waals surface area (Å²) in [6.07, 6.45) is 8.61. The lowest BCUT2D eigenvalue weighted by Gasteiger charge is -2.35. The molecule has 0 aromatic carbocycles. The van der Waals surface area contributed by atoms with Crippen molar-refractivity contribution in [2.75, 3.05) is 6.54 Å². The highest BCUT2D eigenvalue weighted by Gasteiger charge is 2.29. The Morgan fingerprint density at radius 3 is 3.07 bits per heavy atom. The highest BCUT2D eigenvalue weighted by atomic mass is 16.2. The normalized spacial score (nSPS) is 24.5. The SMILES string of the molecule is C#CCC(CC)N1CCCC(N)C1=O. The van der Waals surface area contributed by atoms with E-state index in [4.69, 9.17) is 12.2 Å². The zero-order valence-corrected chi connectivity index (χ0v) is 8.70. The molecule has 1 aliphatic rings. The van der Waals surface area contributed by atoms with Crippen molar-refractivity contribution in [3.05, 3.63) is 0 Å². The predicted molar refractivity (Wildman–Crippen MR) is 56.5 cm³/mol. The van der Waals surface area contributed by atoms with Crippen LogP contribution < -0.4 is 5.73 Å². The van der Waals surface area contributed by atoms with Crippen LogP contribution in [0.4, 0.5) is 0 Å². The Balaban J connectivity index is 2.64. The quantitative estimate of drug-likeness (QED) is 0.673. The highest BCUT2D eigenvalue weighted by molar-refractivity contribution is 5.82. The molecule has 2 atom stereocenters. The smallest absolute Gasteiger partial charge is 0.239 e. The van der Waals surface area contributed by atoms with E-state index in [0.29, 0.717) is 6.42 Å². The van der Waals surface area contributed by atoms with Crippen LogP contribution in [0.5, 0.6) is 0 Å². The van der Waals surface area contributed by atoms with E-state index in [1.54, 1.807) is 0 Å². The van der Waals surface area contributed by atoms with Gasteiger partial charge in [0.1, 0.15) is 0 Å². The molecule has 1 aliphatic heterocycles. The summed E-state index contributed by atoms with van der Waals surface area (Å²) in [5, 5.41) is 0. The van der Waals surface area contributed by atoms with Gasteiger partial charge in [-0.15, -0.1) is 12.3 Å². The lowest BCUT2D eigenvalue weighted by atomic mass is 10.0. The van der Waals surface area contributed by atoms with Crippen molar-refractivity contribution in [1.82, 2.24) is 4.90 Å². The summed E-state index contributed by atoms with van der Waals surface area (Å²) in [5.74, 6) is 2.68. The first-order chi connectivity index (χ1) is 6.70. The molecule has 0 aromatic rings. The molecule has 0 saturated carbocycles. The number of nitrogens with two attached hydrogens (primary N) is 1. The molecular weight excluding hydrogens is 176 g/mol. The molecule has 0 radical (unpaired) electrons. The molecule has 78 valence electrons. The van der Waals surface area contributed by atoms with Gasteiger partial charge in [-0.1, -0.05) is 6.92 Å². The molecule has 1 heterocycles. The van der Waals surface area contributed by atoms with Gasteiger partial charge in [0, 0.05) is 19.0 Å². The molecule has 1 rings (SSSR count). The minimum absolute atomic E-state index is 0.0679. The molecule has 0 bridgehead atoms. The van der Waals surface area contributed by atoms with Gasteiger partial charge in [-0.3, -0.25) is 4.79 Å². The van der Waals surface area contributed by atoms with Crippen LogP contribution in [0.15, 0.2) is 0 Å². The number of amides is 1. The lowest BCUT2D eigenvalue weighted by molar-refractivity contribution is -0.137. The fourth-order valence-corrected chi connectivity index (χ4v) is 1.90. The maximum absolute atomic E-state index is 11.7. The minimum Gasteiger partial charge on any atom is -0.337 e. The summed E-state index contributed by atoms with van der Waals surface area (Å²) in [6.45, 7) is 2.86. The molecule has 0 aliphatic carbocycles. The first kappa shape index (κ1) is 11.1. The van der Waals surface area contributed by atoms with Crippen molar-refractivity contribution in [2.45, 2.75) is 44.7 Å². The van der Waals surface area contributed by atoms with Crippen LogP contribution in [0, 0.1) is 12.3 Å². The molecule has 3 nitrogen and oxygen atoms in total. The van der Waals surface area contributed by atoms with Gasteiger partial charge < -0.3 is 10.6 Å². The zero-order valence-electron chi connectivity index (χ0n) is 8.70. The predicted octanol–water partition coefficient (Wildman–Crippen LogP) is 0.738. The standard InChI is InChI=1S/C11H18N2O/c1-3-6-9(4-2)13-8-5-7-10(12)11(13)14/h1,9-10H,4-8,12H2,2H3. The molecule has 3 heteroatoms. The molecule has 0 aromatic heterocycles.